The number of nitrogens with one attached hydrogen (secondary N) is 1. The molecule has 2 amide bonds. The van der Waals surface area contributed by atoms with Crippen molar-refractivity contribution in [3.8, 4) is 11.5 Å². The van der Waals surface area contributed by atoms with E-state index in [0.29, 0.717) is 17.0 Å². The maximum atomic E-state index is 13.7. The van der Waals surface area contributed by atoms with Gasteiger partial charge in [0.25, 0.3) is 11.8 Å². The molecule has 0 radical (unpaired) electrons. The Bertz CT molecular complexity index is 1480. The molecule has 3 aromatic rings. The second-order valence-electron chi connectivity index (χ2n) is 9.98. The summed E-state index contributed by atoms with van der Waals surface area (Å²) in [7, 11) is -0.869. The van der Waals surface area contributed by atoms with E-state index >= 15 is 0 Å². The lowest BCUT2D eigenvalue weighted by atomic mass is 9.99. The summed E-state index contributed by atoms with van der Waals surface area (Å²) in [5, 5.41) is 12.7. The first-order valence-corrected chi connectivity index (χ1v) is 14.5. The third kappa shape index (κ3) is 6.67. The number of likely N-dealkylation sites (N-methyl/N-ethyl adjacent to an activating group) is 1. The van der Waals surface area contributed by atoms with E-state index in [1.807, 2.05) is 6.92 Å². The summed E-state index contributed by atoms with van der Waals surface area (Å²) in [4.78, 5) is 31.9. The number of carbonyl (C=O) groups is 2. The van der Waals surface area contributed by atoms with Gasteiger partial charge in [-0.05, 0) is 61.5 Å². The van der Waals surface area contributed by atoms with Crippen LogP contribution in [0.3, 0.4) is 0 Å². The van der Waals surface area contributed by atoms with Gasteiger partial charge in [-0.3, -0.25) is 14.6 Å². The first-order valence-electron chi connectivity index (χ1n) is 13.1. The monoisotopic (exact) mass is 582 g/mol. The van der Waals surface area contributed by atoms with Crippen molar-refractivity contribution < 1.29 is 32.6 Å². The van der Waals surface area contributed by atoms with Gasteiger partial charge in [-0.1, -0.05) is 6.92 Å². The first kappa shape index (κ1) is 30.0. The number of amides is 2. The number of aliphatic hydroxyl groups excluding tert-OH is 1. The van der Waals surface area contributed by atoms with Gasteiger partial charge in [0, 0.05) is 43.2 Å². The standard InChI is InChI=1S/C29H34N4O7S/c1-19-16-33(20(2)18-34)29(36)25-15-22(31-28(35)21-11-13-30-14-12-21)5-10-26(25)40-27(19)17-32(3)41(37,38)24-8-6-23(39-4)7-9-24/h5-15,19-20,27,34H,16-18H2,1-4H3,(H,31,35)/t19-,20+,27+/m0/s1. The number of nitrogens with zero attached hydrogens (tertiary/aromatic N) is 3. The summed E-state index contributed by atoms with van der Waals surface area (Å²) in [5.41, 5.74) is 0.971. The number of sulfonamides is 1. The van der Waals surface area contributed by atoms with Gasteiger partial charge in [0.1, 0.15) is 17.6 Å². The van der Waals surface area contributed by atoms with Gasteiger partial charge < -0.3 is 24.8 Å². The smallest absolute Gasteiger partial charge is 0.258 e. The van der Waals surface area contributed by atoms with Gasteiger partial charge in [-0.2, -0.15) is 4.31 Å². The number of methoxy groups -OCH3 is 1. The van der Waals surface area contributed by atoms with Crippen molar-refractivity contribution in [3.63, 3.8) is 0 Å². The van der Waals surface area contributed by atoms with Crippen LogP contribution < -0.4 is 14.8 Å². The molecule has 0 spiro atoms. The van der Waals surface area contributed by atoms with Crippen molar-refractivity contribution in [2.45, 2.75) is 30.9 Å². The summed E-state index contributed by atoms with van der Waals surface area (Å²) < 4.78 is 39.3. The summed E-state index contributed by atoms with van der Waals surface area (Å²) in [6, 6.07) is 13.5. The van der Waals surface area contributed by atoms with Crippen LogP contribution in [0.1, 0.15) is 34.6 Å². The van der Waals surface area contributed by atoms with Gasteiger partial charge in [0.15, 0.2) is 0 Å². The van der Waals surface area contributed by atoms with E-state index in [0.717, 1.165) is 0 Å². The van der Waals surface area contributed by atoms with Crippen molar-refractivity contribution >= 4 is 27.5 Å². The molecule has 0 fully saturated rings. The number of hydrogen-bond donors (Lipinski definition) is 2. The number of fused-ring (bicyclic) bond motifs is 1. The number of rotatable bonds is 9. The minimum absolute atomic E-state index is 0.00500. The molecule has 0 unspecified atom stereocenters. The molecule has 0 saturated carbocycles. The Labute approximate surface area is 239 Å². The Morgan fingerprint density at radius 1 is 1.20 bits per heavy atom. The number of anilines is 1. The van der Waals surface area contributed by atoms with Crippen LogP contribution in [-0.2, 0) is 10.0 Å². The summed E-state index contributed by atoms with van der Waals surface area (Å²) in [6.45, 7) is 3.57. The van der Waals surface area contributed by atoms with E-state index in [1.54, 1.807) is 48.2 Å². The molecule has 41 heavy (non-hydrogen) atoms. The third-order valence-electron chi connectivity index (χ3n) is 7.07. The topological polar surface area (TPSA) is 138 Å². The second kappa shape index (κ2) is 12.7. The summed E-state index contributed by atoms with van der Waals surface area (Å²) >= 11 is 0. The number of benzene rings is 2. The fourth-order valence-corrected chi connectivity index (χ4v) is 5.69. The van der Waals surface area contributed by atoms with Gasteiger partial charge >= 0.3 is 0 Å². The molecule has 1 aliphatic heterocycles. The van der Waals surface area contributed by atoms with Crippen LogP contribution in [0.4, 0.5) is 5.69 Å². The largest absolute Gasteiger partial charge is 0.497 e. The van der Waals surface area contributed by atoms with Crippen LogP contribution in [0.15, 0.2) is 71.9 Å². The van der Waals surface area contributed by atoms with Crippen molar-refractivity contribution in [3.05, 3.63) is 78.1 Å². The highest BCUT2D eigenvalue weighted by Gasteiger charge is 2.35. The minimum Gasteiger partial charge on any atom is -0.497 e. The number of aromatic nitrogens is 1. The van der Waals surface area contributed by atoms with Crippen molar-refractivity contribution in [1.29, 1.82) is 0 Å². The Balaban J connectivity index is 1.64. The fourth-order valence-electron chi connectivity index (χ4n) is 4.50. The summed E-state index contributed by atoms with van der Waals surface area (Å²) in [5.74, 6) is -0.242. The van der Waals surface area contributed by atoms with Crippen molar-refractivity contribution in [2.75, 3.05) is 39.2 Å². The van der Waals surface area contributed by atoms with Gasteiger partial charge in [0.2, 0.25) is 10.0 Å². The molecule has 4 rings (SSSR count). The average molecular weight is 583 g/mol. The molecule has 0 aliphatic carbocycles. The first-order chi connectivity index (χ1) is 19.5. The minimum atomic E-state index is -3.85. The molecular weight excluding hydrogens is 548 g/mol. The highest BCUT2D eigenvalue weighted by Crippen LogP contribution is 2.31. The molecular formula is C29H34N4O7S. The predicted octanol–water partition coefficient (Wildman–Crippen LogP) is 2.88. The third-order valence-corrected chi connectivity index (χ3v) is 8.91. The van der Waals surface area contributed by atoms with Crippen LogP contribution in [0.5, 0.6) is 11.5 Å². The molecule has 218 valence electrons. The van der Waals surface area contributed by atoms with Crippen molar-refractivity contribution in [2.24, 2.45) is 5.92 Å². The Kier molecular flexibility index (Phi) is 9.26. The van der Waals surface area contributed by atoms with Crippen LogP contribution >= 0.6 is 0 Å². The molecule has 2 aromatic carbocycles. The number of pyridine rings is 1. The molecule has 2 heterocycles. The van der Waals surface area contributed by atoms with E-state index in [2.05, 4.69) is 10.3 Å². The Hall–Kier alpha value is -4.00. The van der Waals surface area contributed by atoms with E-state index in [-0.39, 0.29) is 53.6 Å². The average Bonchev–Trinajstić information content (AvgIpc) is 2.99. The molecule has 0 bridgehead atoms. The van der Waals surface area contributed by atoms with Gasteiger partial charge in [0.05, 0.1) is 36.8 Å². The van der Waals surface area contributed by atoms with Gasteiger partial charge in [-0.25, -0.2) is 8.42 Å². The van der Waals surface area contributed by atoms with E-state index in [9.17, 15) is 23.1 Å². The second-order valence-corrected chi connectivity index (χ2v) is 12.0. The maximum absolute atomic E-state index is 13.7. The zero-order chi connectivity index (χ0) is 29.7. The van der Waals surface area contributed by atoms with Crippen molar-refractivity contribution in [1.82, 2.24) is 14.2 Å². The van der Waals surface area contributed by atoms with Crippen LogP contribution in [0.2, 0.25) is 0 Å². The van der Waals surface area contributed by atoms with Crippen LogP contribution in [0.25, 0.3) is 0 Å². The molecule has 3 atom stereocenters. The normalized spacial score (nSPS) is 18.1. The Morgan fingerprint density at radius 3 is 2.51 bits per heavy atom. The van der Waals surface area contributed by atoms with Crippen LogP contribution in [0, 0.1) is 5.92 Å². The fraction of sp³-hybridized carbons (Fsp3) is 0.345. The summed E-state index contributed by atoms with van der Waals surface area (Å²) in [6.07, 6.45) is 2.38. The number of carbonyl (C=O) groups excluding carboxylic acids is 2. The van der Waals surface area contributed by atoms with E-state index in [1.165, 1.54) is 49.1 Å². The lowest BCUT2D eigenvalue weighted by Crippen LogP contribution is -2.50. The van der Waals surface area contributed by atoms with E-state index in [4.69, 9.17) is 9.47 Å². The highest BCUT2D eigenvalue weighted by atomic mass is 32.2. The molecule has 11 nitrogen and oxygen atoms in total. The lowest BCUT2D eigenvalue weighted by Gasteiger charge is -2.38. The predicted molar refractivity (Wildman–Crippen MR) is 153 cm³/mol. The number of aliphatic hydroxyl groups is 1. The zero-order valence-electron chi connectivity index (χ0n) is 23.4. The molecule has 12 heteroatoms. The Morgan fingerprint density at radius 2 is 1.88 bits per heavy atom. The molecule has 1 aromatic heterocycles. The molecule has 1 aliphatic rings. The van der Waals surface area contributed by atoms with E-state index < -0.39 is 22.2 Å². The van der Waals surface area contributed by atoms with Gasteiger partial charge in [-0.15, -0.1) is 0 Å². The number of ether oxygens (including phenoxy) is 2. The highest BCUT2D eigenvalue weighted by molar-refractivity contribution is 7.89. The lowest BCUT2D eigenvalue weighted by molar-refractivity contribution is 0.0387. The molecule has 2 N–H and O–H groups in total. The number of hydrogen-bond acceptors (Lipinski definition) is 8. The SMILES string of the molecule is COc1ccc(S(=O)(=O)N(C)C[C@H]2Oc3ccc(NC(=O)c4ccncc4)cc3C(=O)N([C@H](C)CO)C[C@@H]2C)cc1. The molecule has 0 saturated heterocycles. The quantitative estimate of drug-likeness (QED) is 0.393. The van der Waals surface area contributed by atoms with Crippen LogP contribution in [-0.4, -0.2) is 85.5 Å². The zero-order valence-corrected chi connectivity index (χ0v) is 24.2. The maximum Gasteiger partial charge on any atom is 0.258 e.